The lowest BCUT2D eigenvalue weighted by molar-refractivity contribution is -0.116. The summed E-state index contributed by atoms with van der Waals surface area (Å²) in [5.41, 5.74) is 2.55. The third kappa shape index (κ3) is 2.79. The maximum Gasteiger partial charge on any atom is 0.226 e. The zero-order valence-electron chi connectivity index (χ0n) is 14.1. The number of thiophene rings is 1. The largest absolute Gasteiger partial charge is 0.328 e. The molecule has 1 aliphatic heterocycles. The fraction of sp³-hybridized carbons (Fsp3) is 0.211. The Morgan fingerprint density at radius 2 is 2.07 bits per heavy atom. The molecule has 0 fully saturated rings. The van der Waals surface area contributed by atoms with Gasteiger partial charge < -0.3 is 5.32 Å². The van der Waals surface area contributed by atoms with Gasteiger partial charge in [0.15, 0.2) is 11.6 Å². The van der Waals surface area contributed by atoms with Gasteiger partial charge >= 0.3 is 0 Å². The van der Waals surface area contributed by atoms with Gasteiger partial charge in [0.1, 0.15) is 6.04 Å². The second-order valence-electron chi connectivity index (χ2n) is 6.54. The summed E-state index contributed by atoms with van der Waals surface area (Å²) in [5, 5.41) is 11.0. The van der Waals surface area contributed by atoms with Crippen LogP contribution >= 0.6 is 34.5 Å². The van der Waals surface area contributed by atoms with Crippen LogP contribution in [0.3, 0.4) is 0 Å². The van der Waals surface area contributed by atoms with E-state index in [-0.39, 0.29) is 11.8 Å². The van der Waals surface area contributed by atoms with Crippen molar-refractivity contribution in [3.05, 3.63) is 61.9 Å². The number of nitrogens with one attached hydrogen (secondary N) is 1. The highest BCUT2D eigenvalue weighted by Gasteiger charge is 2.37. The summed E-state index contributed by atoms with van der Waals surface area (Å²) in [7, 11) is 0. The third-order valence-corrected chi connectivity index (χ3v) is 6.52. The van der Waals surface area contributed by atoms with Crippen molar-refractivity contribution in [3.63, 3.8) is 0 Å². The van der Waals surface area contributed by atoms with Crippen LogP contribution in [0.4, 0.5) is 5.95 Å². The molecule has 0 amide bonds. The average Bonchev–Trinajstić information content (AvgIpc) is 3.32. The molecule has 0 bridgehead atoms. The van der Waals surface area contributed by atoms with E-state index < -0.39 is 0 Å². The van der Waals surface area contributed by atoms with Crippen molar-refractivity contribution in [2.45, 2.75) is 25.3 Å². The van der Waals surface area contributed by atoms with E-state index in [1.807, 2.05) is 28.3 Å². The van der Waals surface area contributed by atoms with Gasteiger partial charge in [-0.3, -0.25) is 4.79 Å². The molecule has 0 radical (unpaired) electrons. The number of hydrogen-bond donors (Lipinski definition) is 1. The summed E-state index contributed by atoms with van der Waals surface area (Å²) in [6, 6.07) is 9.12. The maximum absolute atomic E-state index is 12.7. The highest BCUT2D eigenvalue weighted by molar-refractivity contribution is 7.10. The summed E-state index contributed by atoms with van der Waals surface area (Å²) >= 11 is 13.8. The maximum atomic E-state index is 12.7. The van der Waals surface area contributed by atoms with Gasteiger partial charge in [-0.2, -0.15) is 4.98 Å². The van der Waals surface area contributed by atoms with Crippen molar-refractivity contribution in [2.75, 3.05) is 5.32 Å². The Kier molecular flexibility index (Phi) is 4.07. The first-order valence-electron chi connectivity index (χ1n) is 8.60. The van der Waals surface area contributed by atoms with Crippen LogP contribution in [0.25, 0.3) is 11.4 Å². The van der Waals surface area contributed by atoms with Gasteiger partial charge in [0, 0.05) is 28.1 Å². The number of ketones is 1. The van der Waals surface area contributed by atoms with E-state index in [0.717, 1.165) is 34.6 Å². The highest BCUT2D eigenvalue weighted by atomic mass is 35.5. The molecule has 5 nitrogen and oxygen atoms in total. The molecule has 1 unspecified atom stereocenters. The first kappa shape index (κ1) is 17.0. The van der Waals surface area contributed by atoms with E-state index in [2.05, 4.69) is 10.3 Å². The minimum absolute atomic E-state index is 0.180. The zero-order valence-corrected chi connectivity index (χ0v) is 16.4. The molecule has 27 heavy (non-hydrogen) atoms. The van der Waals surface area contributed by atoms with Crippen LogP contribution in [0.2, 0.25) is 10.0 Å². The molecule has 3 heterocycles. The SMILES string of the molecule is O=C1CCCC2=C1C(c1cccs1)n1nc(-c3ccc(Cl)c(Cl)c3)nc1N2. The number of nitrogens with zero attached hydrogens (tertiary/aromatic N) is 3. The van der Waals surface area contributed by atoms with E-state index in [1.54, 1.807) is 23.5 Å². The second-order valence-corrected chi connectivity index (χ2v) is 8.34. The lowest BCUT2D eigenvalue weighted by atomic mass is 9.88. The molecule has 0 saturated heterocycles. The Morgan fingerprint density at radius 3 is 2.85 bits per heavy atom. The van der Waals surface area contributed by atoms with Crippen LogP contribution in [-0.4, -0.2) is 20.5 Å². The van der Waals surface area contributed by atoms with Crippen LogP contribution in [0.15, 0.2) is 47.0 Å². The molecule has 0 saturated carbocycles. The van der Waals surface area contributed by atoms with Crippen LogP contribution in [0.1, 0.15) is 30.2 Å². The summed E-state index contributed by atoms with van der Waals surface area (Å²) in [6.45, 7) is 0. The van der Waals surface area contributed by atoms with Crippen molar-refractivity contribution in [2.24, 2.45) is 0 Å². The molecule has 2 aromatic heterocycles. The molecular weight excluding hydrogens is 403 g/mol. The van der Waals surface area contributed by atoms with E-state index in [4.69, 9.17) is 28.3 Å². The molecule has 1 aliphatic carbocycles. The summed E-state index contributed by atoms with van der Waals surface area (Å²) in [5.74, 6) is 1.37. The number of benzene rings is 1. The molecular formula is C19H14Cl2N4OS. The Hall–Kier alpha value is -2.15. The molecule has 3 aromatic rings. The number of aromatic nitrogens is 3. The van der Waals surface area contributed by atoms with Gasteiger partial charge in [0.2, 0.25) is 5.95 Å². The van der Waals surface area contributed by atoms with Gasteiger partial charge in [-0.15, -0.1) is 16.4 Å². The smallest absolute Gasteiger partial charge is 0.226 e. The predicted molar refractivity (Wildman–Crippen MR) is 107 cm³/mol. The number of carbonyl (C=O) groups excluding carboxylic acids is 1. The second kappa shape index (κ2) is 6.48. The van der Waals surface area contributed by atoms with Crippen molar-refractivity contribution < 1.29 is 4.79 Å². The summed E-state index contributed by atoms with van der Waals surface area (Å²) in [6.07, 6.45) is 2.28. The molecule has 2 aliphatic rings. The van der Waals surface area contributed by atoms with Gasteiger partial charge in [0.05, 0.1) is 10.0 Å². The lowest BCUT2D eigenvalue weighted by Gasteiger charge is -2.31. The summed E-state index contributed by atoms with van der Waals surface area (Å²) < 4.78 is 1.81. The molecule has 1 aromatic carbocycles. The quantitative estimate of drug-likeness (QED) is 0.612. The number of Topliss-reactive ketones (excluding diaryl/α,β-unsaturated/α-hetero) is 1. The van der Waals surface area contributed by atoms with E-state index >= 15 is 0 Å². The number of allylic oxidation sites excluding steroid dienone is 2. The fourth-order valence-electron chi connectivity index (χ4n) is 3.62. The number of halogens is 2. The number of fused-ring (bicyclic) bond motifs is 1. The van der Waals surface area contributed by atoms with Crippen molar-refractivity contribution in [1.29, 1.82) is 0 Å². The standard InChI is InChI=1S/C19H14Cl2N4OS/c20-11-7-6-10(9-12(11)21)18-23-19-22-13-3-1-4-14(26)16(13)17(25(19)24-18)15-5-2-8-27-15/h2,5-9,17H,1,3-4H2,(H,22,23,24). The number of anilines is 1. The predicted octanol–water partition coefficient (Wildman–Crippen LogP) is 5.34. The fourth-order valence-corrected chi connectivity index (χ4v) is 4.74. The van der Waals surface area contributed by atoms with Crippen molar-refractivity contribution >= 4 is 46.3 Å². The van der Waals surface area contributed by atoms with Crippen LogP contribution < -0.4 is 5.32 Å². The highest BCUT2D eigenvalue weighted by Crippen LogP contribution is 2.42. The first-order valence-corrected chi connectivity index (χ1v) is 10.2. The van der Waals surface area contributed by atoms with E-state index in [9.17, 15) is 4.79 Å². The van der Waals surface area contributed by atoms with E-state index in [1.165, 1.54) is 0 Å². The Labute approximate surface area is 169 Å². The molecule has 1 atom stereocenters. The van der Waals surface area contributed by atoms with Crippen LogP contribution in [0, 0.1) is 0 Å². The topological polar surface area (TPSA) is 59.8 Å². The molecule has 0 spiro atoms. The van der Waals surface area contributed by atoms with Gasteiger partial charge in [0.25, 0.3) is 0 Å². The molecule has 136 valence electrons. The van der Waals surface area contributed by atoms with Gasteiger partial charge in [-0.25, -0.2) is 4.68 Å². The summed E-state index contributed by atoms with van der Waals surface area (Å²) in [4.78, 5) is 18.5. The lowest BCUT2D eigenvalue weighted by Crippen LogP contribution is -2.31. The Morgan fingerprint density at radius 1 is 1.19 bits per heavy atom. The normalized spacial score (nSPS) is 18.9. The van der Waals surface area contributed by atoms with Gasteiger partial charge in [-0.05, 0) is 42.5 Å². The molecule has 5 rings (SSSR count). The Balaban J connectivity index is 1.66. The van der Waals surface area contributed by atoms with E-state index in [0.29, 0.717) is 28.2 Å². The number of hydrogen-bond acceptors (Lipinski definition) is 5. The Bertz CT molecular complexity index is 1090. The number of rotatable bonds is 2. The molecule has 1 N–H and O–H groups in total. The van der Waals surface area contributed by atoms with Crippen LogP contribution in [-0.2, 0) is 4.79 Å². The van der Waals surface area contributed by atoms with Gasteiger partial charge in [-0.1, -0.05) is 29.3 Å². The number of carbonyl (C=O) groups is 1. The van der Waals surface area contributed by atoms with Crippen molar-refractivity contribution in [3.8, 4) is 11.4 Å². The van der Waals surface area contributed by atoms with Crippen LogP contribution in [0.5, 0.6) is 0 Å². The minimum atomic E-state index is -0.243. The third-order valence-electron chi connectivity index (χ3n) is 4.86. The zero-order chi connectivity index (χ0) is 18.5. The average molecular weight is 417 g/mol. The van der Waals surface area contributed by atoms with Crippen molar-refractivity contribution in [1.82, 2.24) is 14.8 Å². The first-order chi connectivity index (χ1) is 13.1. The monoisotopic (exact) mass is 416 g/mol. The minimum Gasteiger partial charge on any atom is -0.328 e. The molecule has 8 heteroatoms.